The second-order valence-electron chi connectivity index (χ2n) is 4.66. The van der Waals surface area contributed by atoms with Crippen LogP contribution < -0.4 is 11.1 Å². The van der Waals surface area contributed by atoms with E-state index < -0.39 is 18.1 Å². The van der Waals surface area contributed by atoms with Gasteiger partial charge in [0.15, 0.2) is 0 Å². The number of hydrogen-bond acceptors (Lipinski definition) is 5. The first-order chi connectivity index (χ1) is 10.1. The van der Waals surface area contributed by atoms with Crippen molar-refractivity contribution in [1.29, 1.82) is 0 Å². The lowest BCUT2D eigenvalue weighted by atomic mass is 10.1. The monoisotopic (exact) mass is 310 g/mol. The highest BCUT2D eigenvalue weighted by Gasteiger charge is 2.24. The van der Waals surface area contributed by atoms with Gasteiger partial charge in [0, 0.05) is 0 Å². The Morgan fingerprint density at radius 1 is 1.33 bits per heavy atom. The van der Waals surface area contributed by atoms with Crippen LogP contribution in [0.25, 0.3) is 0 Å². The number of carbonyl (C=O) groups is 2. The maximum atomic E-state index is 12.1. The van der Waals surface area contributed by atoms with Crippen LogP contribution in [-0.2, 0) is 20.7 Å². The van der Waals surface area contributed by atoms with E-state index in [0.29, 0.717) is 12.8 Å². The molecule has 1 rings (SSSR count). The van der Waals surface area contributed by atoms with Crippen molar-refractivity contribution in [3.63, 3.8) is 0 Å². The van der Waals surface area contributed by atoms with Crippen LogP contribution in [0, 0.1) is 0 Å². The summed E-state index contributed by atoms with van der Waals surface area (Å²) in [4.78, 5) is 23.7. The Bertz CT molecular complexity index is 453. The third-order valence-corrected chi connectivity index (χ3v) is 3.69. The number of amides is 1. The first-order valence-corrected chi connectivity index (χ1v) is 8.14. The fourth-order valence-corrected chi connectivity index (χ4v) is 2.34. The van der Waals surface area contributed by atoms with Crippen LogP contribution >= 0.6 is 11.8 Å². The molecule has 1 amide bonds. The molecule has 0 heterocycles. The quantitative estimate of drug-likeness (QED) is 0.699. The second-order valence-corrected chi connectivity index (χ2v) is 5.65. The molecular weight excluding hydrogens is 288 g/mol. The minimum Gasteiger partial charge on any atom is -0.467 e. The third kappa shape index (κ3) is 6.18. The molecule has 1 aromatic rings. The van der Waals surface area contributed by atoms with Crippen molar-refractivity contribution in [3.05, 3.63) is 35.9 Å². The number of nitrogens with two attached hydrogens (primary N) is 1. The summed E-state index contributed by atoms with van der Waals surface area (Å²) in [5.41, 5.74) is 6.88. The molecule has 5 nitrogen and oxygen atoms in total. The maximum Gasteiger partial charge on any atom is 0.328 e. The van der Waals surface area contributed by atoms with Gasteiger partial charge in [-0.1, -0.05) is 30.3 Å². The molecule has 0 saturated heterocycles. The molecule has 0 aliphatic carbocycles. The number of ether oxygens (including phenoxy) is 1. The molecule has 3 N–H and O–H groups in total. The Hall–Kier alpha value is -1.53. The lowest BCUT2D eigenvalue weighted by Crippen LogP contribution is -2.49. The summed E-state index contributed by atoms with van der Waals surface area (Å²) in [6.45, 7) is 0. The molecule has 116 valence electrons. The molecule has 0 aliphatic heterocycles. The van der Waals surface area contributed by atoms with Crippen molar-refractivity contribution in [3.8, 4) is 0 Å². The van der Waals surface area contributed by atoms with Crippen molar-refractivity contribution < 1.29 is 14.3 Å². The second kappa shape index (κ2) is 9.41. The summed E-state index contributed by atoms with van der Waals surface area (Å²) in [6, 6.07) is 8.21. The van der Waals surface area contributed by atoms with E-state index in [-0.39, 0.29) is 5.91 Å². The lowest BCUT2D eigenvalue weighted by Gasteiger charge is -2.19. The summed E-state index contributed by atoms with van der Waals surface area (Å²) >= 11 is 1.61. The van der Waals surface area contributed by atoms with E-state index in [1.54, 1.807) is 11.8 Å². The fraction of sp³-hybridized carbons (Fsp3) is 0.467. The van der Waals surface area contributed by atoms with Gasteiger partial charge in [0.1, 0.15) is 6.04 Å². The molecule has 0 radical (unpaired) electrons. The first-order valence-electron chi connectivity index (χ1n) is 6.75. The smallest absolute Gasteiger partial charge is 0.328 e. The van der Waals surface area contributed by atoms with Gasteiger partial charge in [-0.3, -0.25) is 4.79 Å². The van der Waals surface area contributed by atoms with Crippen molar-refractivity contribution in [2.45, 2.75) is 24.9 Å². The zero-order valence-electron chi connectivity index (χ0n) is 12.4. The molecular formula is C15H22N2O3S. The summed E-state index contributed by atoms with van der Waals surface area (Å²) < 4.78 is 4.70. The molecule has 21 heavy (non-hydrogen) atoms. The van der Waals surface area contributed by atoms with Crippen molar-refractivity contribution in [2.75, 3.05) is 19.1 Å². The predicted molar refractivity (Wildman–Crippen MR) is 85.1 cm³/mol. The van der Waals surface area contributed by atoms with Gasteiger partial charge in [0.2, 0.25) is 5.91 Å². The Kier molecular flexibility index (Phi) is 7.85. The first kappa shape index (κ1) is 17.5. The average molecular weight is 310 g/mol. The van der Waals surface area contributed by atoms with E-state index in [4.69, 9.17) is 10.5 Å². The average Bonchev–Trinajstić information content (AvgIpc) is 2.51. The number of methoxy groups -OCH3 is 1. The lowest BCUT2D eigenvalue weighted by molar-refractivity contribution is -0.145. The Morgan fingerprint density at radius 2 is 2.00 bits per heavy atom. The molecule has 6 heteroatoms. The van der Waals surface area contributed by atoms with Crippen LogP contribution in [0.3, 0.4) is 0 Å². The van der Waals surface area contributed by atoms with E-state index in [2.05, 4.69) is 5.32 Å². The topological polar surface area (TPSA) is 81.4 Å². The summed E-state index contributed by atoms with van der Waals surface area (Å²) in [5, 5.41) is 2.67. The fourth-order valence-electron chi connectivity index (χ4n) is 1.87. The predicted octanol–water partition coefficient (Wildman–Crippen LogP) is 0.967. The molecule has 1 aromatic carbocycles. The summed E-state index contributed by atoms with van der Waals surface area (Å²) in [5.74, 6) is -0.0202. The minimum atomic E-state index is -0.686. The number of hydrogen-bond donors (Lipinski definition) is 2. The zero-order chi connectivity index (χ0) is 15.7. The van der Waals surface area contributed by atoms with Gasteiger partial charge in [-0.25, -0.2) is 4.79 Å². The molecule has 2 unspecified atom stereocenters. The number of nitrogens with one attached hydrogen (secondary N) is 1. The highest BCUT2D eigenvalue weighted by atomic mass is 32.2. The zero-order valence-corrected chi connectivity index (χ0v) is 13.2. The molecule has 0 saturated carbocycles. The minimum absolute atomic E-state index is 0.338. The number of carbonyl (C=O) groups excluding carboxylic acids is 2. The van der Waals surface area contributed by atoms with E-state index >= 15 is 0 Å². The van der Waals surface area contributed by atoms with Gasteiger partial charge in [0.05, 0.1) is 13.2 Å². The van der Waals surface area contributed by atoms with Gasteiger partial charge in [-0.05, 0) is 30.4 Å². The van der Waals surface area contributed by atoms with Crippen LogP contribution in [-0.4, -0.2) is 43.1 Å². The van der Waals surface area contributed by atoms with E-state index in [1.807, 2.05) is 36.6 Å². The molecule has 0 fully saturated rings. The van der Waals surface area contributed by atoms with Gasteiger partial charge in [-0.15, -0.1) is 0 Å². The van der Waals surface area contributed by atoms with Crippen molar-refractivity contribution in [1.82, 2.24) is 5.32 Å². The highest BCUT2D eigenvalue weighted by molar-refractivity contribution is 7.98. The van der Waals surface area contributed by atoms with Crippen molar-refractivity contribution in [2.24, 2.45) is 5.73 Å². The van der Waals surface area contributed by atoms with Crippen LogP contribution in [0.2, 0.25) is 0 Å². The summed E-state index contributed by atoms with van der Waals surface area (Å²) in [6.07, 6.45) is 2.90. The van der Waals surface area contributed by atoms with Crippen molar-refractivity contribution >= 4 is 23.6 Å². The Labute approximate surface area is 129 Å². The van der Waals surface area contributed by atoms with E-state index in [1.165, 1.54) is 7.11 Å². The standard InChI is InChI=1S/C15H22N2O3S/c1-20-15(19)13(8-9-21-2)17-14(18)12(16)10-11-6-4-3-5-7-11/h3-7,12-13H,8-10,16H2,1-2H3,(H,17,18). The van der Waals surface area contributed by atoms with Crippen LogP contribution in [0.15, 0.2) is 30.3 Å². The normalized spacial score (nSPS) is 13.3. The van der Waals surface area contributed by atoms with Gasteiger partial charge in [0.25, 0.3) is 0 Å². The third-order valence-electron chi connectivity index (χ3n) is 3.05. The Balaban J connectivity index is 2.57. The molecule has 2 atom stereocenters. The number of rotatable bonds is 8. The molecule has 0 bridgehead atoms. The van der Waals surface area contributed by atoms with E-state index in [9.17, 15) is 9.59 Å². The number of thioether (sulfide) groups is 1. The number of esters is 1. The largest absolute Gasteiger partial charge is 0.467 e. The molecule has 0 aromatic heterocycles. The summed E-state index contributed by atoms with van der Waals surface area (Å²) in [7, 11) is 1.31. The van der Waals surface area contributed by atoms with Gasteiger partial charge in [-0.2, -0.15) is 11.8 Å². The van der Waals surface area contributed by atoms with Gasteiger partial charge < -0.3 is 15.8 Å². The van der Waals surface area contributed by atoms with Crippen LogP contribution in [0.4, 0.5) is 0 Å². The van der Waals surface area contributed by atoms with E-state index in [0.717, 1.165) is 11.3 Å². The van der Waals surface area contributed by atoms with Gasteiger partial charge >= 0.3 is 5.97 Å². The maximum absolute atomic E-state index is 12.1. The SMILES string of the molecule is COC(=O)C(CCSC)NC(=O)C(N)Cc1ccccc1. The highest BCUT2D eigenvalue weighted by Crippen LogP contribution is 2.05. The molecule has 0 aliphatic rings. The molecule has 0 spiro atoms. The van der Waals surface area contributed by atoms with Crippen LogP contribution in [0.1, 0.15) is 12.0 Å². The Morgan fingerprint density at radius 3 is 2.57 bits per heavy atom. The van der Waals surface area contributed by atoms with Crippen LogP contribution in [0.5, 0.6) is 0 Å². The number of benzene rings is 1.